The van der Waals surface area contributed by atoms with Gasteiger partial charge in [-0.1, -0.05) is 28.9 Å². The van der Waals surface area contributed by atoms with E-state index in [0.29, 0.717) is 17.5 Å². The Morgan fingerprint density at radius 3 is 2.52 bits per heavy atom. The van der Waals surface area contributed by atoms with Gasteiger partial charge in [-0.2, -0.15) is 4.98 Å². The number of halogens is 1. The molecule has 0 unspecified atom stereocenters. The third-order valence-electron chi connectivity index (χ3n) is 3.81. The second kappa shape index (κ2) is 5.99. The summed E-state index contributed by atoms with van der Waals surface area (Å²) in [6, 6.07) is 7.70. The Kier molecular flexibility index (Phi) is 4.66. The van der Waals surface area contributed by atoms with Gasteiger partial charge in [0.15, 0.2) is 5.82 Å². The van der Waals surface area contributed by atoms with Crippen molar-refractivity contribution in [2.75, 3.05) is 0 Å². The van der Waals surface area contributed by atoms with Gasteiger partial charge in [0.25, 0.3) is 0 Å². The lowest BCUT2D eigenvalue weighted by Gasteiger charge is -2.34. The fourth-order valence-corrected chi connectivity index (χ4v) is 2.63. The lowest BCUT2D eigenvalue weighted by molar-refractivity contribution is 0.222. The molecule has 0 aliphatic heterocycles. The first kappa shape index (κ1) is 16.3. The molecule has 6 heteroatoms. The Morgan fingerprint density at radius 2 is 1.90 bits per heavy atom. The lowest BCUT2D eigenvalue weighted by atomic mass is 9.75. The second-order valence-corrected chi connectivity index (χ2v) is 7.51. The van der Waals surface area contributed by atoms with E-state index in [-0.39, 0.29) is 0 Å². The molecule has 0 spiro atoms. The molecule has 0 amide bonds. The summed E-state index contributed by atoms with van der Waals surface area (Å²) in [5.41, 5.74) is 5.34. The minimum atomic E-state index is -0.452. The number of rotatable bonds is 5. The zero-order valence-electron chi connectivity index (χ0n) is 12.7. The van der Waals surface area contributed by atoms with Crippen LogP contribution in [0.1, 0.15) is 39.4 Å². The van der Waals surface area contributed by atoms with Crippen LogP contribution in [0.4, 0.5) is 0 Å². The molecule has 1 aromatic heterocycles. The van der Waals surface area contributed by atoms with E-state index in [1.807, 2.05) is 52.0 Å². The normalized spacial score (nSPS) is 12.7. The number of thioether (sulfide) groups is 1. The van der Waals surface area contributed by atoms with Gasteiger partial charge in [0, 0.05) is 10.4 Å². The number of nitrogens with zero attached hydrogens (tertiary/aromatic N) is 2. The summed E-state index contributed by atoms with van der Waals surface area (Å²) in [6.45, 7) is 7.92. The van der Waals surface area contributed by atoms with E-state index in [9.17, 15) is 0 Å². The van der Waals surface area contributed by atoms with E-state index < -0.39 is 11.0 Å². The topological polar surface area (TPSA) is 64.9 Å². The Balaban J connectivity index is 2.09. The summed E-state index contributed by atoms with van der Waals surface area (Å²) >= 11 is 7.71. The first-order valence-corrected chi connectivity index (χ1v) is 8.07. The maximum atomic E-state index is 6.19. The van der Waals surface area contributed by atoms with E-state index in [1.165, 1.54) is 0 Å². The highest BCUT2D eigenvalue weighted by atomic mass is 35.5. The molecule has 0 aliphatic carbocycles. The van der Waals surface area contributed by atoms with Gasteiger partial charge >= 0.3 is 0 Å². The van der Waals surface area contributed by atoms with Crippen LogP contribution < -0.4 is 5.73 Å². The summed E-state index contributed by atoms with van der Waals surface area (Å²) in [5.74, 6) is 1.81. The third-order valence-corrected chi connectivity index (χ3v) is 5.32. The molecule has 1 aromatic carbocycles. The van der Waals surface area contributed by atoms with Gasteiger partial charge in [0.2, 0.25) is 5.89 Å². The number of nitrogens with two attached hydrogens (primary N) is 1. The van der Waals surface area contributed by atoms with Gasteiger partial charge in [-0.15, -0.1) is 11.8 Å². The molecule has 2 aromatic rings. The van der Waals surface area contributed by atoms with Crippen molar-refractivity contribution in [2.24, 2.45) is 5.73 Å². The Labute approximate surface area is 134 Å². The predicted molar refractivity (Wildman–Crippen MR) is 86.6 cm³/mol. The second-order valence-electron chi connectivity index (χ2n) is 6.08. The molecular formula is C15H20ClN3OS. The molecule has 0 fully saturated rings. The van der Waals surface area contributed by atoms with Gasteiger partial charge in [-0.3, -0.25) is 0 Å². The highest BCUT2D eigenvalue weighted by molar-refractivity contribution is 7.98. The minimum Gasteiger partial charge on any atom is -0.339 e. The SMILES string of the molecule is CC(C)(N)C(C)(C)c1nc(CSc2ccccc2Cl)no1. The molecule has 0 atom stereocenters. The molecule has 4 nitrogen and oxygen atoms in total. The average Bonchev–Trinajstić information content (AvgIpc) is 2.86. The summed E-state index contributed by atoms with van der Waals surface area (Å²) < 4.78 is 5.39. The van der Waals surface area contributed by atoms with Gasteiger partial charge in [0.1, 0.15) is 0 Å². The first-order chi connectivity index (χ1) is 9.72. The van der Waals surface area contributed by atoms with Crippen LogP contribution in [0, 0.1) is 0 Å². The number of hydrogen-bond donors (Lipinski definition) is 1. The van der Waals surface area contributed by atoms with Crippen molar-refractivity contribution in [1.29, 1.82) is 0 Å². The molecule has 1 heterocycles. The van der Waals surface area contributed by atoms with Gasteiger partial charge in [0.05, 0.1) is 16.2 Å². The van der Waals surface area contributed by atoms with E-state index >= 15 is 0 Å². The molecule has 0 bridgehead atoms. The van der Waals surface area contributed by atoms with Crippen LogP contribution in [-0.4, -0.2) is 15.7 Å². The zero-order chi connectivity index (χ0) is 15.7. The Bertz CT molecular complexity index is 619. The molecule has 2 N–H and O–H groups in total. The van der Waals surface area contributed by atoms with Crippen LogP contribution in [0.15, 0.2) is 33.7 Å². The van der Waals surface area contributed by atoms with Gasteiger partial charge in [-0.05, 0) is 39.8 Å². The quantitative estimate of drug-likeness (QED) is 0.841. The van der Waals surface area contributed by atoms with Crippen LogP contribution >= 0.6 is 23.4 Å². The van der Waals surface area contributed by atoms with Gasteiger partial charge in [-0.25, -0.2) is 0 Å². The molecule has 0 radical (unpaired) electrons. The fraction of sp³-hybridized carbons (Fsp3) is 0.467. The monoisotopic (exact) mass is 325 g/mol. The van der Waals surface area contributed by atoms with E-state index in [1.54, 1.807) is 11.8 Å². The van der Waals surface area contributed by atoms with Crippen LogP contribution in [0.3, 0.4) is 0 Å². The van der Waals surface area contributed by atoms with Crippen LogP contribution in [0.5, 0.6) is 0 Å². The van der Waals surface area contributed by atoms with Crippen molar-refractivity contribution in [2.45, 2.75) is 49.3 Å². The van der Waals surface area contributed by atoms with Crippen LogP contribution in [0.25, 0.3) is 0 Å². The maximum absolute atomic E-state index is 6.19. The lowest BCUT2D eigenvalue weighted by Crippen LogP contribution is -2.50. The van der Waals surface area contributed by atoms with Gasteiger partial charge < -0.3 is 10.3 Å². The molecule has 21 heavy (non-hydrogen) atoms. The Morgan fingerprint density at radius 1 is 1.24 bits per heavy atom. The largest absolute Gasteiger partial charge is 0.339 e. The Hall–Kier alpha value is -1.04. The minimum absolute atomic E-state index is 0.396. The van der Waals surface area contributed by atoms with Crippen molar-refractivity contribution in [3.63, 3.8) is 0 Å². The molecular weight excluding hydrogens is 306 g/mol. The van der Waals surface area contributed by atoms with Crippen molar-refractivity contribution in [1.82, 2.24) is 10.1 Å². The number of benzene rings is 1. The first-order valence-electron chi connectivity index (χ1n) is 6.71. The predicted octanol–water partition coefficient (Wildman–Crippen LogP) is 4.03. The van der Waals surface area contributed by atoms with Crippen molar-refractivity contribution >= 4 is 23.4 Å². The highest BCUT2D eigenvalue weighted by Gasteiger charge is 2.40. The molecule has 0 saturated carbocycles. The molecule has 2 rings (SSSR count). The van der Waals surface area contributed by atoms with Crippen molar-refractivity contribution < 1.29 is 4.52 Å². The molecule has 0 aliphatic rings. The van der Waals surface area contributed by atoms with Crippen LogP contribution in [0.2, 0.25) is 5.02 Å². The highest BCUT2D eigenvalue weighted by Crippen LogP contribution is 2.33. The summed E-state index contributed by atoms with van der Waals surface area (Å²) in [5, 5.41) is 4.77. The van der Waals surface area contributed by atoms with E-state index in [2.05, 4.69) is 10.1 Å². The van der Waals surface area contributed by atoms with Crippen LogP contribution in [-0.2, 0) is 11.2 Å². The summed E-state index contributed by atoms with van der Waals surface area (Å²) in [7, 11) is 0. The number of aromatic nitrogens is 2. The smallest absolute Gasteiger partial charge is 0.234 e. The fourth-order valence-electron chi connectivity index (χ4n) is 1.55. The van der Waals surface area contributed by atoms with E-state index in [4.69, 9.17) is 21.9 Å². The number of hydrogen-bond acceptors (Lipinski definition) is 5. The third kappa shape index (κ3) is 3.59. The standard InChI is InChI=1S/C15H20ClN3OS/c1-14(2,15(3,4)17)13-18-12(19-20-13)9-21-11-8-6-5-7-10(11)16/h5-8H,9,17H2,1-4H3. The maximum Gasteiger partial charge on any atom is 0.234 e. The van der Waals surface area contributed by atoms with E-state index in [0.717, 1.165) is 9.92 Å². The van der Waals surface area contributed by atoms with Crippen molar-refractivity contribution in [3.05, 3.63) is 41.0 Å². The summed E-state index contributed by atoms with van der Waals surface area (Å²) in [6.07, 6.45) is 0. The zero-order valence-corrected chi connectivity index (χ0v) is 14.3. The molecule has 0 saturated heterocycles. The van der Waals surface area contributed by atoms with Crippen molar-refractivity contribution in [3.8, 4) is 0 Å². The molecule has 114 valence electrons. The average molecular weight is 326 g/mol. The summed E-state index contributed by atoms with van der Waals surface area (Å²) in [4.78, 5) is 5.48.